The van der Waals surface area contributed by atoms with E-state index in [4.69, 9.17) is 0 Å². The van der Waals surface area contributed by atoms with Crippen molar-refractivity contribution in [2.24, 2.45) is 39.7 Å². The first-order valence-corrected chi connectivity index (χ1v) is 9.83. The van der Waals surface area contributed by atoms with Gasteiger partial charge in [-0.1, -0.05) is 31.5 Å². The SMILES string of the molecule is C[C@@H]1CC2=CC(=O)C(=NO)C[C@]2(C)[C@H]2CC[C@@]3(C)[C@@H](CC[C@]3(C)O)[C@H]12. The molecule has 0 heterocycles. The quantitative estimate of drug-likeness (QED) is 0.516. The normalized spacial score (nSPS) is 53.9. The van der Waals surface area contributed by atoms with Crippen LogP contribution in [0.2, 0.25) is 0 Å². The Labute approximate surface area is 150 Å². The fourth-order valence-corrected chi connectivity index (χ4v) is 7.16. The van der Waals surface area contributed by atoms with Gasteiger partial charge in [-0.3, -0.25) is 4.79 Å². The molecule has 0 aliphatic heterocycles. The van der Waals surface area contributed by atoms with Gasteiger partial charge in [-0.2, -0.15) is 0 Å². The molecule has 7 atom stereocenters. The van der Waals surface area contributed by atoms with Crippen LogP contribution >= 0.6 is 0 Å². The van der Waals surface area contributed by atoms with Gasteiger partial charge >= 0.3 is 0 Å². The molecule has 25 heavy (non-hydrogen) atoms. The van der Waals surface area contributed by atoms with E-state index < -0.39 is 5.60 Å². The van der Waals surface area contributed by atoms with Crippen molar-refractivity contribution in [2.45, 2.75) is 71.8 Å². The summed E-state index contributed by atoms with van der Waals surface area (Å²) in [6, 6.07) is 0. The first-order valence-electron chi connectivity index (χ1n) is 9.83. The van der Waals surface area contributed by atoms with Gasteiger partial charge in [0, 0.05) is 6.42 Å². The summed E-state index contributed by atoms with van der Waals surface area (Å²) < 4.78 is 0. The third-order valence-electron chi connectivity index (χ3n) is 8.89. The third kappa shape index (κ3) is 2.09. The molecule has 0 spiro atoms. The lowest BCUT2D eigenvalue weighted by molar-refractivity contribution is -0.128. The summed E-state index contributed by atoms with van der Waals surface area (Å²) in [5.74, 6) is 2.03. The van der Waals surface area contributed by atoms with Crippen LogP contribution in [0.25, 0.3) is 0 Å². The maximum Gasteiger partial charge on any atom is 0.203 e. The maximum absolute atomic E-state index is 12.2. The smallest absolute Gasteiger partial charge is 0.203 e. The van der Waals surface area contributed by atoms with Gasteiger partial charge in [0.1, 0.15) is 5.71 Å². The van der Waals surface area contributed by atoms with E-state index in [-0.39, 0.29) is 16.6 Å². The van der Waals surface area contributed by atoms with Gasteiger partial charge in [-0.05, 0) is 79.6 Å². The summed E-state index contributed by atoms with van der Waals surface area (Å²) in [6.07, 6.45) is 7.39. The van der Waals surface area contributed by atoms with E-state index in [0.29, 0.717) is 35.8 Å². The van der Waals surface area contributed by atoms with E-state index in [2.05, 4.69) is 25.9 Å². The number of hydrogen-bond acceptors (Lipinski definition) is 4. The van der Waals surface area contributed by atoms with Crippen LogP contribution < -0.4 is 0 Å². The Morgan fingerprint density at radius 2 is 1.84 bits per heavy atom. The van der Waals surface area contributed by atoms with Crippen molar-refractivity contribution in [3.8, 4) is 0 Å². The van der Waals surface area contributed by atoms with Crippen molar-refractivity contribution in [3.05, 3.63) is 11.6 Å². The average molecular weight is 345 g/mol. The van der Waals surface area contributed by atoms with Gasteiger partial charge in [-0.25, -0.2) is 0 Å². The molecule has 0 aromatic heterocycles. The van der Waals surface area contributed by atoms with Crippen molar-refractivity contribution in [3.63, 3.8) is 0 Å². The highest BCUT2D eigenvalue weighted by atomic mass is 16.4. The molecule has 0 radical (unpaired) electrons. The van der Waals surface area contributed by atoms with E-state index in [9.17, 15) is 15.1 Å². The summed E-state index contributed by atoms with van der Waals surface area (Å²) in [6.45, 7) is 8.93. The van der Waals surface area contributed by atoms with Gasteiger partial charge < -0.3 is 10.3 Å². The molecule has 2 N–H and O–H groups in total. The van der Waals surface area contributed by atoms with Crippen LogP contribution in [-0.4, -0.2) is 27.4 Å². The molecule has 0 unspecified atom stereocenters. The van der Waals surface area contributed by atoms with Crippen molar-refractivity contribution >= 4 is 11.5 Å². The number of oxime groups is 1. The van der Waals surface area contributed by atoms with Crippen molar-refractivity contribution in [2.75, 3.05) is 0 Å². The molecule has 0 bridgehead atoms. The second-order valence-electron chi connectivity index (χ2n) is 9.92. The van der Waals surface area contributed by atoms with Crippen LogP contribution in [0.3, 0.4) is 0 Å². The molecule has 4 rings (SSSR count). The number of fused-ring (bicyclic) bond motifs is 5. The van der Waals surface area contributed by atoms with Crippen molar-refractivity contribution < 1.29 is 15.1 Å². The highest BCUT2D eigenvalue weighted by Crippen LogP contribution is 2.68. The fraction of sp³-hybridized carbons (Fsp3) is 0.810. The van der Waals surface area contributed by atoms with Gasteiger partial charge in [0.2, 0.25) is 5.78 Å². The molecule has 4 aliphatic rings. The fourth-order valence-electron chi connectivity index (χ4n) is 7.16. The van der Waals surface area contributed by atoms with Gasteiger partial charge in [0.25, 0.3) is 0 Å². The van der Waals surface area contributed by atoms with Crippen molar-refractivity contribution in [1.82, 2.24) is 0 Å². The molecule has 138 valence electrons. The molecule has 4 heteroatoms. The first kappa shape index (κ1) is 17.3. The van der Waals surface area contributed by atoms with Crippen LogP contribution in [0, 0.1) is 34.5 Å². The number of nitrogens with zero attached hydrogens (tertiary/aromatic N) is 1. The van der Waals surface area contributed by atoms with E-state index in [1.807, 2.05) is 6.92 Å². The number of allylic oxidation sites excluding steroid dienone is 1. The van der Waals surface area contributed by atoms with Crippen LogP contribution in [0.4, 0.5) is 0 Å². The Morgan fingerprint density at radius 1 is 1.16 bits per heavy atom. The molecule has 3 saturated carbocycles. The summed E-state index contributed by atoms with van der Waals surface area (Å²) in [5, 5.41) is 23.6. The third-order valence-corrected chi connectivity index (χ3v) is 8.89. The second-order valence-corrected chi connectivity index (χ2v) is 9.92. The summed E-state index contributed by atoms with van der Waals surface area (Å²) in [7, 11) is 0. The molecule has 0 aromatic carbocycles. The van der Waals surface area contributed by atoms with Crippen LogP contribution in [0.15, 0.2) is 16.8 Å². The monoisotopic (exact) mass is 345 g/mol. The zero-order chi connectivity index (χ0) is 18.2. The lowest BCUT2D eigenvalue weighted by Crippen LogP contribution is -2.56. The lowest BCUT2D eigenvalue weighted by atomic mass is 9.44. The molecule has 4 aliphatic carbocycles. The van der Waals surface area contributed by atoms with Crippen LogP contribution in [-0.2, 0) is 4.79 Å². The molecule has 0 aromatic rings. The Bertz CT molecular complexity index is 679. The second kappa shape index (κ2) is 5.18. The number of carbonyl (C=O) groups is 1. The average Bonchev–Trinajstić information content (AvgIpc) is 2.79. The first-order chi connectivity index (χ1) is 11.6. The van der Waals surface area contributed by atoms with Crippen LogP contribution in [0.1, 0.15) is 66.2 Å². The van der Waals surface area contributed by atoms with Crippen LogP contribution in [0.5, 0.6) is 0 Å². The largest absolute Gasteiger partial charge is 0.411 e. The molecular formula is C21H31NO3. The highest BCUT2D eigenvalue weighted by molar-refractivity contribution is 6.44. The van der Waals surface area contributed by atoms with Gasteiger partial charge in [0.05, 0.1) is 5.60 Å². The number of ketones is 1. The minimum atomic E-state index is -0.570. The van der Waals surface area contributed by atoms with E-state index in [0.717, 1.165) is 32.1 Å². The minimum absolute atomic E-state index is 0.00160. The van der Waals surface area contributed by atoms with E-state index >= 15 is 0 Å². The Kier molecular flexibility index (Phi) is 3.58. The zero-order valence-electron chi connectivity index (χ0n) is 15.9. The standard InChI is InChI=1S/C21H31NO3/c1-12-9-13-10-17(23)16(22-25)11-19(13,2)14-5-7-20(3)15(18(12)14)6-8-21(20,4)24/h10,12,14-15,18,24-25H,5-9,11H2,1-4H3/t12-,14+,15+,18-,19+,20+,21+/m1/s1. The zero-order valence-corrected chi connectivity index (χ0v) is 15.9. The predicted octanol–water partition coefficient (Wildman–Crippen LogP) is 3.96. The molecular weight excluding hydrogens is 314 g/mol. The summed E-state index contributed by atoms with van der Waals surface area (Å²) >= 11 is 0. The van der Waals surface area contributed by atoms with Gasteiger partial charge in [-0.15, -0.1) is 0 Å². The Balaban J connectivity index is 1.76. The number of aliphatic hydroxyl groups is 1. The number of carbonyl (C=O) groups excluding carboxylic acids is 1. The molecule has 3 fully saturated rings. The predicted molar refractivity (Wildman–Crippen MR) is 96.5 cm³/mol. The number of hydrogen-bond donors (Lipinski definition) is 2. The molecule has 0 saturated heterocycles. The summed E-state index contributed by atoms with van der Waals surface area (Å²) in [5.41, 5.74) is 0.916. The molecule has 0 amide bonds. The van der Waals surface area contributed by atoms with E-state index in [1.54, 1.807) is 6.08 Å². The Hall–Kier alpha value is -1.16. The summed E-state index contributed by atoms with van der Waals surface area (Å²) in [4.78, 5) is 12.2. The van der Waals surface area contributed by atoms with E-state index in [1.165, 1.54) is 5.57 Å². The van der Waals surface area contributed by atoms with Crippen molar-refractivity contribution in [1.29, 1.82) is 0 Å². The number of rotatable bonds is 0. The Morgan fingerprint density at radius 3 is 2.52 bits per heavy atom. The maximum atomic E-state index is 12.2. The van der Waals surface area contributed by atoms with Gasteiger partial charge in [0.15, 0.2) is 0 Å². The molecule has 4 nitrogen and oxygen atoms in total. The topological polar surface area (TPSA) is 69.9 Å². The highest BCUT2D eigenvalue weighted by Gasteiger charge is 2.64. The minimum Gasteiger partial charge on any atom is -0.411 e. The lowest BCUT2D eigenvalue weighted by Gasteiger charge is -2.60.